The van der Waals surface area contributed by atoms with Crippen LogP contribution >= 0.6 is 11.6 Å². The molecular weight excluding hydrogens is 234 g/mol. The summed E-state index contributed by atoms with van der Waals surface area (Å²) in [7, 11) is 0. The number of benzene rings is 1. The van der Waals surface area contributed by atoms with E-state index in [0.29, 0.717) is 18.8 Å². The molecule has 2 nitrogen and oxygen atoms in total. The summed E-state index contributed by atoms with van der Waals surface area (Å²) in [6, 6.07) is 8.07. The maximum Gasteiger partial charge on any atom is 0.227 e. The number of amides is 1. The van der Waals surface area contributed by atoms with Gasteiger partial charge in [0.15, 0.2) is 0 Å². The molecule has 1 heterocycles. The summed E-state index contributed by atoms with van der Waals surface area (Å²) in [6.07, 6.45) is 2.48. The average molecular weight is 250 g/mol. The van der Waals surface area contributed by atoms with Gasteiger partial charge in [0.25, 0.3) is 0 Å². The third-order valence-electron chi connectivity index (χ3n) is 2.99. The molecule has 0 saturated carbocycles. The number of aryl methyl sites for hydroxylation is 1. The van der Waals surface area contributed by atoms with Gasteiger partial charge in [0, 0.05) is 24.5 Å². The van der Waals surface area contributed by atoms with E-state index in [-0.39, 0.29) is 5.91 Å². The Morgan fingerprint density at radius 2 is 2.12 bits per heavy atom. The Kier molecular flexibility index (Phi) is 3.85. The molecule has 1 aromatic rings. The number of rotatable bonds is 3. The van der Waals surface area contributed by atoms with Crippen LogP contribution in [0.2, 0.25) is 0 Å². The summed E-state index contributed by atoms with van der Waals surface area (Å²) in [5, 5.41) is 0. The van der Waals surface area contributed by atoms with Crippen molar-refractivity contribution < 1.29 is 4.79 Å². The Balaban J connectivity index is 2.33. The predicted octanol–water partition coefficient (Wildman–Crippen LogP) is 3.15. The Hall–Kier alpha value is -1.28. The summed E-state index contributed by atoms with van der Waals surface area (Å²) < 4.78 is 0. The van der Waals surface area contributed by atoms with E-state index < -0.39 is 0 Å². The average Bonchev–Trinajstić information content (AvgIpc) is 2.50. The summed E-state index contributed by atoms with van der Waals surface area (Å²) in [6.45, 7) is 4.41. The standard InChI is InChI=1S/C14H16ClNO/c1-11(9-15)10-16-13-7-3-2-5-12(13)6-4-8-14(16)17/h2-3,5,7H,1,4,6,8-10H2. The van der Waals surface area contributed by atoms with Crippen molar-refractivity contribution in [3.05, 3.63) is 42.0 Å². The van der Waals surface area contributed by atoms with Gasteiger partial charge >= 0.3 is 0 Å². The molecule has 1 aliphatic rings. The molecule has 0 unspecified atom stereocenters. The smallest absolute Gasteiger partial charge is 0.227 e. The highest BCUT2D eigenvalue weighted by Crippen LogP contribution is 2.27. The molecule has 3 heteroatoms. The number of para-hydroxylation sites is 1. The molecule has 1 aliphatic heterocycles. The SMILES string of the molecule is C=C(CCl)CN1C(=O)CCCc2ccccc21. The number of hydrogen-bond acceptors (Lipinski definition) is 1. The van der Waals surface area contributed by atoms with Gasteiger partial charge < -0.3 is 4.90 Å². The molecule has 2 rings (SSSR count). The summed E-state index contributed by atoms with van der Waals surface area (Å²) in [5.41, 5.74) is 3.12. The Morgan fingerprint density at radius 1 is 1.35 bits per heavy atom. The van der Waals surface area contributed by atoms with Crippen molar-refractivity contribution in [3.8, 4) is 0 Å². The fourth-order valence-electron chi connectivity index (χ4n) is 2.12. The Labute approximate surface area is 107 Å². The van der Waals surface area contributed by atoms with Gasteiger partial charge in [-0.15, -0.1) is 11.6 Å². The number of carbonyl (C=O) groups excluding carboxylic acids is 1. The first-order valence-corrected chi connectivity index (χ1v) is 6.36. The van der Waals surface area contributed by atoms with E-state index in [0.717, 1.165) is 24.1 Å². The van der Waals surface area contributed by atoms with Gasteiger partial charge in [-0.3, -0.25) is 4.79 Å². The van der Waals surface area contributed by atoms with Gasteiger partial charge in [-0.1, -0.05) is 24.8 Å². The highest BCUT2D eigenvalue weighted by Gasteiger charge is 2.21. The van der Waals surface area contributed by atoms with Gasteiger partial charge in [0.05, 0.1) is 0 Å². The van der Waals surface area contributed by atoms with Crippen molar-refractivity contribution in [1.82, 2.24) is 0 Å². The van der Waals surface area contributed by atoms with Crippen molar-refractivity contribution in [2.24, 2.45) is 0 Å². The fraction of sp³-hybridized carbons (Fsp3) is 0.357. The predicted molar refractivity (Wildman–Crippen MR) is 71.6 cm³/mol. The molecule has 1 aromatic carbocycles. The molecule has 0 N–H and O–H groups in total. The molecule has 0 spiro atoms. The number of nitrogens with zero attached hydrogens (tertiary/aromatic N) is 1. The molecule has 0 radical (unpaired) electrons. The molecule has 17 heavy (non-hydrogen) atoms. The van der Waals surface area contributed by atoms with Crippen LogP contribution in [0.3, 0.4) is 0 Å². The zero-order valence-corrected chi connectivity index (χ0v) is 10.5. The Bertz CT molecular complexity index is 442. The number of hydrogen-bond donors (Lipinski definition) is 0. The monoisotopic (exact) mass is 249 g/mol. The number of alkyl halides is 1. The lowest BCUT2D eigenvalue weighted by atomic mass is 10.1. The molecule has 90 valence electrons. The first-order chi connectivity index (χ1) is 8.22. The Morgan fingerprint density at radius 3 is 2.88 bits per heavy atom. The van der Waals surface area contributed by atoms with Crippen molar-refractivity contribution >= 4 is 23.2 Å². The quantitative estimate of drug-likeness (QED) is 0.595. The normalized spacial score (nSPS) is 15.4. The first kappa shape index (κ1) is 12.2. The van der Waals surface area contributed by atoms with Crippen LogP contribution < -0.4 is 4.90 Å². The maximum absolute atomic E-state index is 12.1. The topological polar surface area (TPSA) is 20.3 Å². The van der Waals surface area contributed by atoms with Crippen LogP contribution in [-0.4, -0.2) is 18.3 Å². The highest BCUT2D eigenvalue weighted by molar-refractivity contribution is 6.19. The summed E-state index contributed by atoms with van der Waals surface area (Å²) >= 11 is 5.75. The van der Waals surface area contributed by atoms with Gasteiger partial charge in [0.1, 0.15) is 0 Å². The molecule has 0 aromatic heterocycles. The maximum atomic E-state index is 12.1. The lowest BCUT2D eigenvalue weighted by Gasteiger charge is -2.23. The molecule has 1 amide bonds. The minimum Gasteiger partial charge on any atom is -0.308 e. The summed E-state index contributed by atoms with van der Waals surface area (Å²) in [5.74, 6) is 0.563. The van der Waals surface area contributed by atoms with E-state index in [1.807, 2.05) is 23.1 Å². The lowest BCUT2D eigenvalue weighted by Crippen LogP contribution is -2.32. The van der Waals surface area contributed by atoms with Crippen LogP contribution in [0, 0.1) is 0 Å². The second-order valence-corrected chi connectivity index (χ2v) is 4.61. The second-order valence-electron chi connectivity index (χ2n) is 4.35. The van der Waals surface area contributed by atoms with Gasteiger partial charge in [0.2, 0.25) is 5.91 Å². The molecule has 0 fully saturated rings. The van der Waals surface area contributed by atoms with Gasteiger partial charge in [-0.25, -0.2) is 0 Å². The minimum absolute atomic E-state index is 0.168. The largest absolute Gasteiger partial charge is 0.308 e. The zero-order chi connectivity index (χ0) is 12.3. The van der Waals surface area contributed by atoms with E-state index in [1.165, 1.54) is 5.56 Å². The van der Waals surface area contributed by atoms with Gasteiger partial charge in [-0.05, 0) is 30.0 Å². The number of fused-ring (bicyclic) bond motifs is 1. The van der Waals surface area contributed by atoms with E-state index in [2.05, 4.69) is 12.6 Å². The molecule has 0 atom stereocenters. The van der Waals surface area contributed by atoms with Crippen LogP contribution in [-0.2, 0) is 11.2 Å². The number of anilines is 1. The van der Waals surface area contributed by atoms with Crippen molar-refractivity contribution in [1.29, 1.82) is 0 Å². The fourth-order valence-corrected chi connectivity index (χ4v) is 2.21. The van der Waals surface area contributed by atoms with Crippen molar-refractivity contribution in [2.75, 3.05) is 17.3 Å². The minimum atomic E-state index is 0.168. The van der Waals surface area contributed by atoms with E-state index >= 15 is 0 Å². The van der Waals surface area contributed by atoms with E-state index in [1.54, 1.807) is 0 Å². The van der Waals surface area contributed by atoms with Crippen LogP contribution in [0.15, 0.2) is 36.4 Å². The van der Waals surface area contributed by atoms with Crippen LogP contribution in [0.1, 0.15) is 18.4 Å². The van der Waals surface area contributed by atoms with Crippen LogP contribution in [0.5, 0.6) is 0 Å². The molecule has 0 aliphatic carbocycles. The van der Waals surface area contributed by atoms with Crippen molar-refractivity contribution in [2.45, 2.75) is 19.3 Å². The third kappa shape index (κ3) is 2.70. The second kappa shape index (κ2) is 5.37. The van der Waals surface area contributed by atoms with Crippen LogP contribution in [0.4, 0.5) is 5.69 Å². The van der Waals surface area contributed by atoms with E-state index in [9.17, 15) is 4.79 Å². The zero-order valence-electron chi connectivity index (χ0n) is 9.79. The molecular formula is C14H16ClNO. The van der Waals surface area contributed by atoms with Crippen LogP contribution in [0.25, 0.3) is 0 Å². The lowest BCUT2D eigenvalue weighted by molar-refractivity contribution is -0.118. The van der Waals surface area contributed by atoms with E-state index in [4.69, 9.17) is 11.6 Å². The molecule has 0 bridgehead atoms. The third-order valence-corrected chi connectivity index (χ3v) is 3.37. The first-order valence-electron chi connectivity index (χ1n) is 5.83. The van der Waals surface area contributed by atoms with Gasteiger partial charge in [-0.2, -0.15) is 0 Å². The summed E-state index contributed by atoms with van der Waals surface area (Å²) in [4.78, 5) is 13.9. The number of halogens is 1. The number of carbonyl (C=O) groups is 1. The highest BCUT2D eigenvalue weighted by atomic mass is 35.5. The van der Waals surface area contributed by atoms with Crippen molar-refractivity contribution in [3.63, 3.8) is 0 Å². The molecule has 0 saturated heterocycles.